The van der Waals surface area contributed by atoms with Crippen molar-refractivity contribution in [3.63, 3.8) is 0 Å². The number of hydrogen-bond acceptors (Lipinski definition) is 1. The molecule has 0 aromatic heterocycles. The van der Waals surface area contributed by atoms with Gasteiger partial charge in [-0.3, -0.25) is 6.26 Å². The summed E-state index contributed by atoms with van der Waals surface area (Å²) in [5.41, 5.74) is 1.30. The zero-order valence-corrected chi connectivity index (χ0v) is 7.24. The third-order valence-electron chi connectivity index (χ3n) is 1.19. The molecule has 0 saturated carbocycles. The topological polar surface area (TPSA) is 0 Å². The molecule has 0 aliphatic heterocycles. The Morgan fingerprint density at radius 1 is 1.20 bits per heavy atom. The molecule has 1 rings (SSSR count). The molecule has 10 heavy (non-hydrogen) atoms. The smallest absolute Gasteiger partial charge is 0.319 e. The average molecular weight is 144 g/mol. The molecule has 48 valence electrons. The van der Waals surface area contributed by atoms with Crippen LogP contribution in [-0.2, 0) is 0 Å². The summed E-state index contributed by atoms with van der Waals surface area (Å²) >= 11 is 1.53. The molecule has 0 bridgehead atoms. The second-order valence-corrected chi connectivity index (χ2v) is 2.72. The van der Waals surface area contributed by atoms with E-state index in [0.717, 1.165) is 0 Å². The largest absolute Gasteiger partial charge is 1.00 e. The molecule has 0 aliphatic carbocycles. The minimum atomic E-state index is 0. The first-order valence-electron chi connectivity index (χ1n) is 2.81. The molecular weight excluding hydrogens is 135 g/mol. The van der Waals surface area contributed by atoms with Crippen molar-refractivity contribution in [2.75, 3.05) is 0 Å². The molecule has 0 amide bonds. The van der Waals surface area contributed by atoms with E-state index in [1.807, 2.05) is 0 Å². The quantitative estimate of drug-likeness (QED) is 0.301. The van der Waals surface area contributed by atoms with Gasteiger partial charge in [-0.1, -0.05) is 29.8 Å². The van der Waals surface area contributed by atoms with Crippen LogP contribution in [0.3, 0.4) is 0 Å². The number of thioether (sulfide) groups is 1. The van der Waals surface area contributed by atoms with Crippen LogP contribution < -0.4 is 18.9 Å². The molecule has 0 atom stereocenters. The van der Waals surface area contributed by atoms with Crippen molar-refractivity contribution >= 4 is 11.8 Å². The molecule has 0 spiro atoms. The van der Waals surface area contributed by atoms with Gasteiger partial charge in [-0.05, 0) is 11.8 Å². The fourth-order valence-electron chi connectivity index (χ4n) is 0.634. The summed E-state index contributed by atoms with van der Waals surface area (Å²) < 4.78 is 0. The van der Waals surface area contributed by atoms with Gasteiger partial charge in [-0.25, -0.2) is 0 Å². The maximum atomic E-state index is 3.70. The summed E-state index contributed by atoms with van der Waals surface area (Å²) in [7, 11) is 0. The molecule has 0 radical (unpaired) electrons. The SMILES string of the molecule is [CH2-]Sc1ccc(C)cc1.[Li+]. The van der Waals surface area contributed by atoms with Gasteiger partial charge in [0.1, 0.15) is 0 Å². The minimum Gasteiger partial charge on any atom is -0.319 e. The van der Waals surface area contributed by atoms with E-state index in [1.165, 1.54) is 22.2 Å². The molecule has 0 saturated heterocycles. The van der Waals surface area contributed by atoms with Gasteiger partial charge in [0.2, 0.25) is 0 Å². The Balaban J connectivity index is 0.000000810. The van der Waals surface area contributed by atoms with E-state index in [9.17, 15) is 0 Å². The first kappa shape index (κ1) is 10.2. The maximum absolute atomic E-state index is 3.70. The summed E-state index contributed by atoms with van der Waals surface area (Å²) in [6, 6.07) is 8.33. The summed E-state index contributed by atoms with van der Waals surface area (Å²) in [5, 5.41) is 0. The monoisotopic (exact) mass is 144 g/mol. The van der Waals surface area contributed by atoms with Gasteiger partial charge in [-0.2, -0.15) is 0 Å². The predicted octanol–water partition coefficient (Wildman–Crippen LogP) is -0.117. The standard InChI is InChI=1S/C8H9S.Li/c1-7-3-5-8(9-2)6-4-7;/h3-6H,2H2,1H3;/q-1;+1. The van der Waals surface area contributed by atoms with E-state index in [1.54, 1.807) is 0 Å². The zero-order valence-electron chi connectivity index (χ0n) is 6.42. The van der Waals surface area contributed by atoms with Crippen molar-refractivity contribution in [2.24, 2.45) is 0 Å². The molecule has 0 nitrogen and oxygen atoms in total. The minimum absolute atomic E-state index is 0. The normalized spacial score (nSPS) is 8.60. The zero-order chi connectivity index (χ0) is 6.69. The van der Waals surface area contributed by atoms with Crippen molar-refractivity contribution in [1.29, 1.82) is 0 Å². The Morgan fingerprint density at radius 3 is 2.10 bits per heavy atom. The fraction of sp³-hybridized carbons (Fsp3) is 0.125. The first-order valence-corrected chi connectivity index (χ1v) is 3.80. The van der Waals surface area contributed by atoms with Gasteiger partial charge in [0, 0.05) is 0 Å². The third-order valence-corrected chi connectivity index (χ3v) is 1.79. The van der Waals surface area contributed by atoms with Crippen LogP contribution in [0.15, 0.2) is 29.2 Å². The van der Waals surface area contributed by atoms with Gasteiger partial charge in [0.05, 0.1) is 0 Å². The average Bonchev–Trinajstić information content (AvgIpc) is 1.90. The van der Waals surface area contributed by atoms with Crippen LogP contribution in [0.25, 0.3) is 0 Å². The van der Waals surface area contributed by atoms with E-state index in [0.29, 0.717) is 0 Å². The van der Waals surface area contributed by atoms with E-state index >= 15 is 0 Å². The molecule has 1 aromatic rings. The van der Waals surface area contributed by atoms with Gasteiger partial charge in [0.25, 0.3) is 0 Å². The van der Waals surface area contributed by atoms with Gasteiger partial charge in [0.15, 0.2) is 0 Å². The Kier molecular flexibility index (Phi) is 4.99. The number of aryl methyl sites for hydroxylation is 1. The van der Waals surface area contributed by atoms with E-state index in [2.05, 4.69) is 37.4 Å². The second-order valence-electron chi connectivity index (χ2n) is 1.96. The van der Waals surface area contributed by atoms with Crippen LogP contribution in [0.1, 0.15) is 5.56 Å². The van der Waals surface area contributed by atoms with E-state index in [-0.39, 0.29) is 18.9 Å². The van der Waals surface area contributed by atoms with Crippen LogP contribution in [0, 0.1) is 13.2 Å². The Labute approximate surface area is 78.6 Å². The van der Waals surface area contributed by atoms with E-state index in [4.69, 9.17) is 0 Å². The summed E-state index contributed by atoms with van der Waals surface area (Å²) in [6.07, 6.45) is 3.70. The van der Waals surface area contributed by atoms with Crippen molar-refractivity contribution in [2.45, 2.75) is 11.8 Å². The van der Waals surface area contributed by atoms with E-state index < -0.39 is 0 Å². The molecule has 0 N–H and O–H groups in total. The maximum Gasteiger partial charge on any atom is 1.00 e. The van der Waals surface area contributed by atoms with Crippen molar-refractivity contribution in [3.05, 3.63) is 36.1 Å². The van der Waals surface area contributed by atoms with Crippen molar-refractivity contribution in [3.8, 4) is 0 Å². The molecule has 0 heterocycles. The first-order chi connectivity index (χ1) is 4.33. The summed E-state index contributed by atoms with van der Waals surface area (Å²) in [6.45, 7) is 2.08. The fourth-order valence-corrected chi connectivity index (χ4v) is 0.963. The van der Waals surface area contributed by atoms with Crippen LogP contribution in [-0.4, -0.2) is 0 Å². The van der Waals surface area contributed by atoms with Crippen LogP contribution in [0.4, 0.5) is 0 Å². The Bertz CT molecular complexity index is 181. The molecule has 1 aromatic carbocycles. The van der Waals surface area contributed by atoms with Crippen molar-refractivity contribution < 1.29 is 18.9 Å². The second kappa shape index (κ2) is 4.90. The third kappa shape index (κ3) is 2.83. The molecular formula is C8H9LiS. The number of benzene rings is 1. The van der Waals surface area contributed by atoms with Crippen LogP contribution >= 0.6 is 11.8 Å². The number of rotatable bonds is 1. The predicted molar refractivity (Wildman–Crippen MR) is 42.4 cm³/mol. The van der Waals surface area contributed by atoms with Crippen LogP contribution in [0.5, 0.6) is 0 Å². The summed E-state index contributed by atoms with van der Waals surface area (Å²) in [5.74, 6) is 0. The molecule has 0 fully saturated rings. The van der Waals surface area contributed by atoms with Gasteiger partial charge < -0.3 is 11.8 Å². The van der Waals surface area contributed by atoms with Crippen molar-refractivity contribution in [1.82, 2.24) is 0 Å². The Morgan fingerprint density at radius 2 is 1.70 bits per heavy atom. The molecule has 0 unspecified atom stereocenters. The molecule has 2 heteroatoms. The number of hydrogen-bond donors (Lipinski definition) is 0. The van der Waals surface area contributed by atoms with Gasteiger partial charge >= 0.3 is 18.9 Å². The van der Waals surface area contributed by atoms with Gasteiger partial charge in [-0.15, -0.1) is 0 Å². The Hall–Kier alpha value is 0.167. The molecule has 0 aliphatic rings. The van der Waals surface area contributed by atoms with Crippen LogP contribution in [0.2, 0.25) is 0 Å². The summed E-state index contributed by atoms with van der Waals surface area (Å²) in [4.78, 5) is 1.22.